The van der Waals surface area contributed by atoms with Gasteiger partial charge in [-0.1, -0.05) is 60.3 Å². The van der Waals surface area contributed by atoms with Crippen LogP contribution >= 0.6 is 11.6 Å². The number of anilines is 1. The first-order valence-corrected chi connectivity index (χ1v) is 16.3. The molecule has 0 radical (unpaired) electrons. The number of carbonyl (C=O) groups is 1. The Labute approximate surface area is 273 Å². The van der Waals surface area contributed by atoms with E-state index in [1.807, 2.05) is 29.2 Å². The van der Waals surface area contributed by atoms with Crippen molar-refractivity contribution in [1.29, 1.82) is 0 Å². The van der Waals surface area contributed by atoms with Gasteiger partial charge in [-0.25, -0.2) is 0 Å². The Hall–Kier alpha value is -4.76. The summed E-state index contributed by atoms with van der Waals surface area (Å²) in [5.74, 6) is 0.0552. The average molecular weight is 634 g/mol. The van der Waals surface area contributed by atoms with Gasteiger partial charge in [0.25, 0.3) is 0 Å². The predicted octanol–water partition coefficient (Wildman–Crippen LogP) is 6.70. The van der Waals surface area contributed by atoms with Crippen LogP contribution in [0.2, 0.25) is 5.02 Å². The van der Waals surface area contributed by atoms with Crippen LogP contribution in [0.3, 0.4) is 0 Å². The average Bonchev–Trinajstić information content (AvgIpc) is 3.80. The minimum atomic E-state index is -0.295. The number of rotatable bonds is 4. The van der Waals surface area contributed by atoms with Crippen molar-refractivity contribution in [2.45, 2.75) is 57.4 Å². The summed E-state index contributed by atoms with van der Waals surface area (Å²) in [5.41, 5.74) is 8.18. The second kappa shape index (κ2) is 12.9. The Kier molecular flexibility index (Phi) is 8.41. The van der Waals surface area contributed by atoms with E-state index in [4.69, 9.17) is 11.6 Å². The van der Waals surface area contributed by atoms with Crippen molar-refractivity contribution in [3.63, 3.8) is 0 Å². The van der Waals surface area contributed by atoms with Crippen molar-refractivity contribution in [2.75, 3.05) is 18.4 Å². The van der Waals surface area contributed by atoms with E-state index >= 15 is 0 Å². The van der Waals surface area contributed by atoms with E-state index in [0.717, 1.165) is 95.5 Å². The molecule has 234 valence electrons. The zero-order valence-corrected chi connectivity index (χ0v) is 26.5. The SMILES string of the molecule is Cc1ccc2c(c1)-c1cccc(c1)C(c1ccc(-c3cc(Cl)ccc3-n3cnnn3)c[n+]1[O-])CCCCC(C(=O)N1CCCC1)N2. The number of tetrazole rings is 1. The van der Waals surface area contributed by atoms with E-state index in [1.54, 1.807) is 16.9 Å². The summed E-state index contributed by atoms with van der Waals surface area (Å²) in [6.07, 6.45) is 8.51. The minimum Gasteiger partial charge on any atom is -0.618 e. The van der Waals surface area contributed by atoms with Crippen LogP contribution in [0, 0.1) is 12.1 Å². The smallest absolute Gasteiger partial charge is 0.245 e. The Morgan fingerprint density at radius 3 is 2.59 bits per heavy atom. The number of aryl methyl sites for hydroxylation is 1. The molecule has 0 saturated carbocycles. The molecule has 1 fully saturated rings. The van der Waals surface area contributed by atoms with Gasteiger partial charge in [0.05, 0.1) is 11.6 Å². The first-order valence-electron chi connectivity index (χ1n) is 16.0. The van der Waals surface area contributed by atoms with Crippen LogP contribution in [0.5, 0.6) is 0 Å². The summed E-state index contributed by atoms with van der Waals surface area (Å²) >= 11 is 6.38. The van der Waals surface area contributed by atoms with Gasteiger partial charge in [0.2, 0.25) is 5.91 Å². The third kappa shape index (κ3) is 6.07. The minimum absolute atomic E-state index is 0.127. The van der Waals surface area contributed by atoms with Gasteiger partial charge in [-0.05, 0) is 90.6 Å². The van der Waals surface area contributed by atoms with Crippen LogP contribution in [-0.4, -0.2) is 50.1 Å². The second-order valence-electron chi connectivity index (χ2n) is 12.3. The molecule has 2 aromatic heterocycles. The number of hydrogen-bond donors (Lipinski definition) is 1. The van der Waals surface area contributed by atoms with Crippen LogP contribution in [0.1, 0.15) is 61.3 Å². The van der Waals surface area contributed by atoms with Gasteiger partial charge in [-0.3, -0.25) is 4.79 Å². The fourth-order valence-corrected chi connectivity index (χ4v) is 7.04. The standard InChI is InChI=1S/C36H36ClN7O2/c1-24-11-14-32-30(19-24)26-8-6-7-25(20-26)29(9-2-3-10-33(39-32)36(45)42-17-4-5-18-42)35-15-12-27(22-44(35)46)31-21-28(37)13-16-34(31)43-23-38-40-41-43/h6-8,11-16,19-23,29,33,39H,2-5,9-10,17-18H2,1H3. The van der Waals surface area contributed by atoms with Crippen molar-refractivity contribution >= 4 is 23.2 Å². The first kappa shape index (κ1) is 29.9. The predicted molar refractivity (Wildman–Crippen MR) is 179 cm³/mol. The summed E-state index contributed by atoms with van der Waals surface area (Å²) < 4.78 is 2.55. The summed E-state index contributed by atoms with van der Waals surface area (Å²) in [6, 6.07) is 23.9. The number of nitrogens with zero attached hydrogens (tertiary/aromatic N) is 6. The number of pyridine rings is 1. The van der Waals surface area contributed by atoms with Gasteiger partial charge in [-0.15, -0.1) is 5.10 Å². The normalized spacial score (nSPS) is 18.3. The summed E-state index contributed by atoms with van der Waals surface area (Å²) in [5, 5.41) is 29.6. The molecule has 2 aliphatic heterocycles. The van der Waals surface area contributed by atoms with Crippen LogP contribution in [0.25, 0.3) is 27.9 Å². The highest BCUT2D eigenvalue weighted by molar-refractivity contribution is 6.31. The van der Waals surface area contributed by atoms with Crippen molar-refractivity contribution in [2.24, 2.45) is 0 Å². The van der Waals surface area contributed by atoms with E-state index in [-0.39, 0.29) is 17.9 Å². The summed E-state index contributed by atoms with van der Waals surface area (Å²) in [6.45, 7) is 3.74. The van der Waals surface area contributed by atoms with Gasteiger partial charge in [-0.2, -0.15) is 9.41 Å². The van der Waals surface area contributed by atoms with Crippen LogP contribution in [-0.2, 0) is 4.79 Å². The van der Waals surface area contributed by atoms with Gasteiger partial charge < -0.3 is 15.4 Å². The lowest BCUT2D eigenvalue weighted by atomic mass is 9.86. The lowest BCUT2D eigenvalue weighted by Gasteiger charge is -2.27. The van der Waals surface area contributed by atoms with Crippen molar-refractivity contribution in [1.82, 2.24) is 25.1 Å². The molecule has 1 N–H and O–H groups in total. The lowest BCUT2D eigenvalue weighted by Crippen LogP contribution is -2.41. The maximum Gasteiger partial charge on any atom is 0.245 e. The van der Waals surface area contributed by atoms with E-state index in [0.29, 0.717) is 16.3 Å². The third-order valence-electron chi connectivity index (χ3n) is 9.22. The number of aromatic nitrogens is 5. The quantitative estimate of drug-likeness (QED) is 0.175. The highest BCUT2D eigenvalue weighted by atomic mass is 35.5. The molecule has 7 rings (SSSR count). The number of likely N-dealkylation sites (tertiary alicyclic amines) is 1. The van der Waals surface area contributed by atoms with Crippen molar-refractivity contribution in [3.05, 3.63) is 112 Å². The summed E-state index contributed by atoms with van der Waals surface area (Å²) in [7, 11) is 0. The maximum absolute atomic E-state index is 13.9. The van der Waals surface area contributed by atoms with Crippen molar-refractivity contribution in [3.8, 4) is 27.9 Å². The van der Waals surface area contributed by atoms with E-state index in [9.17, 15) is 10.0 Å². The maximum atomic E-state index is 13.9. The Morgan fingerprint density at radius 1 is 0.935 bits per heavy atom. The molecule has 2 aliphatic rings. The monoisotopic (exact) mass is 633 g/mol. The molecule has 2 unspecified atom stereocenters. The molecule has 0 spiro atoms. The Bertz CT molecular complexity index is 1870. The molecule has 1 saturated heterocycles. The molecule has 10 heteroatoms. The Morgan fingerprint density at radius 2 is 1.78 bits per heavy atom. The second-order valence-corrected chi connectivity index (χ2v) is 12.8. The van der Waals surface area contributed by atoms with Crippen LogP contribution in [0.15, 0.2) is 85.3 Å². The molecule has 4 heterocycles. The summed E-state index contributed by atoms with van der Waals surface area (Å²) in [4.78, 5) is 15.7. The first-order chi connectivity index (χ1) is 22.4. The van der Waals surface area contributed by atoms with Gasteiger partial charge in [0, 0.05) is 46.6 Å². The van der Waals surface area contributed by atoms with E-state index in [1.165, 1.54) is 6.33 Å². The number of fused-ring (bicyclic) bond motifs is 4. The zero-order chi connectivity index (χ0) is 31.6. The third-order valence-corrected chi connectivity index (χ3v) is 9.46. The van der Waals surface area contributed by atoms with Crippen molar-refractivity contribution < 1.29 is 9.52 Å². The number of halogens is 1. The van der Waals surface area contributed by atoms with E-state index in [2.05, 4.69) is 70.2 Å². The molecule has 46 heavy (non-hydrogen) atoms. The molecular formula is C36H36ClN7O2. The number of benzene rings is 3. The topological polar surface area (TPSA) is 103 Å². The molecule has 2 bridgehead atoms. The van der Waals surface area contributed by atoms with Gasteiger partial charge >= 0.3 is 0 Å². The van der Waals surface area contributed by atoms with E-state index < -0.39 is 0 Å². The zero-order valence-electron chi connectivity index (χ0n) is 25.8. The molecule has 5 aromatic rings. The highest BCUT2D eigenvalue weighted by Crippen LogP contribution is 2.37. The number of nitrogens with one attached hydrogen (secondary N) is 1. The molecule has 2 atom stereocenters. The molecule has 3 aromatic carbocycles. The number of carbonyl (C=O) groups excluding carboxylic acids is 1. The Balaban J connectivity index is 1.27. The van der Waals surface area contributed by atoms with Gasteiger partial charge in [0.15, 0.2) is 11.9 Å². The largest absolute Gasteiger partial charge is 0.618 e. The molecule has 0 aliphatic carbocycles. The molecule has 9 nitrogen and oxygen atoms in total. The fraction of sp³-hybridized carbons (Fsp3) is 0.306. The number of amides is 1. The van der Waals surface area contributed by atoms with Crippen LogP contribution in [0.4, 0.5) is 5.69 Å². The number of hydrogen-bond acceptors (Lipinski definition) is 6. The lowest BCUT2D eigenvalue weighted by molar-refractivity contribution is -0.614. The fourth-order valence-electron chi connectivity index (χ4n) is 6.86. The highest BCUT2D eigenvalue weighted by Gasteiger charge is 2.29. The van der Waals surface area contributed by atoms with Crippen LogP contribution < -0.4 is 10.0 Å². The van der Waals surface area contributed by atoms with Gasteiger partial charge in [0.1, 0.15) is 12.4 Å². The molecular weight excluding hydrogens is 598 g/mol. The molecule has 1 amide bonds.